The number of rotatable bonds is 5. The van der Waals surface area contributed by atoms with E-state index in [0.29, 0.717) is 11.6 Å². The van der Waals surface area contributed by atoms with E-state index in [4.69, 9.17) is 0 Å². The van der Waals surface area contributed by atoms with Crippen molar-refractivity contribution in [3.63, 3.8) is 0 Å². The number of hydrogen-bond acceptors (Lipinski definition) is 3. The second kappa shape index (κ2) is 6.38. The fourth-order valence-corrected chi connectivity index (χ4v) is 1.64. The van der Waals surface area contributed by atoms with Crippen molar-refractivity contribution in [2.75, 3.05) is 18.9 Å². The Bertz CT molecular complexity index is 387. The van der Waals surface area contributed by atoms with Gasteiger partial charge in [0.15, 0.2) is 0 Å². The summed E-state index contributed by atoms with van der Waals surface area (Å²) in [5, 5.41) is 3.16. The molecule has 1 N–H and O–H groups in total. The molecule has 1 unspecified atom stereocenters. The van der Waals surface area contributed by atoms with Gasteiger partial charge >= 0.3 is 0 Å². The maximum absolute atomic E-state index is 12.2. The largest absolute Gasteiger partial charge is 0.384 e. The SMILES string of the molecule is CCNc1ccc(C(=O)N(C)C(C)C(C)C)nc1. The molecule has 1 aromatic heterocycles. The zero-order chi connectivity index (χ0) is 13.7. The second-order valence-corrected chi connectivity index (χ2v) is 4.86. The Hall–Kier alpha value is -1.58. The summed E-state index contributed by atoms with van der Waals surface area (Å²) in [7, 11) is 1.83. The van der Waals surface area contributed by atoms with E-state index in [2.05, 4.69) is 31.1 Å². The lowest BCUT2D eigenvalue weighted by Crippen LogP contribution is -2.38. The highest BCUT2D eigenvalue weighted by Crippen LogP contribution is 2.12. The molecule has 18 heavy (non-hydrogen) atoms. The van der Waals surface area contributed by atoms with Gasteiger partial charge in [-0.2, -0.15) is 0 Å². The summed E-state index contributed by atoms with van der Waals surface area (Å²) in [5.74, 6) is 0.402. The molecule has 0 aliphatic rings. The zero-order valence-electron chi connectivity index (χ0n) is 11.9. The highest BCUT2D eigenvalue weighted by atomic mass is 16.2. The van der Waals surface area contributed by atoms with E-state index in [1.165, 1.54) is 0 Å². The van der Waals surface area contributed by atoms with Crippen LogP contribution in [0.2, 0.25) is 0 Å². The lowest BCUT2D eigenvalue weighted by molar-refractivity contribution is 0.0701. The maximum atomic E-state index is 12.2. The molecule has 0 fully saturated rings. The summed E-state index contributed by atoms with van der Waals surface area (Å²) < 4.78 is 0. The molecule has 4 nitrogen and oxygen atoms in total. The first kappa shape index (κ1) is 14.5. The van der Waals surface area contributed by atoms with Crippen LogP contribution in [0.15, 0.2) is 18.3 Å². The number of amides is 1. The van der Waals surface area contributed by atoms with E-state index < -0.39 is 0 Å². The molecule has 0 aliphatic carbocycles. The van der Waals surface area contributed by atoms with Crippen LogP contribution in [0.1, 0.15) is 38.2 Å². The van der Waals surface area contributed by atoms with Crippen molar-refractivity contribution in [3.05, 3.63) is 24.0 Å². The molecule has 0 aromatic carbocycles. The monoisotopic (exact) mass is 249 g/mol. The Morgan fingerprint density at radius 2 is 2.06 bits per heavy atom. The predicted molar refractivity (Wildman–Crippen MR) is 74.8 cm³/mol. The van der Waals surface area contributed by atoms with Crippen LogP contribution in [0.25, 0.3) is 0 Å². The van der Waals surface area contributed by atoms with Gasteiger partial charge in [-0.05, 0) is 31.9 Å². The fraction of sp³-hybridized carbons (Fsp3) is 0.571. The molecule has 1 aromatic rings. The third-order valence-electron chi connectivity index (χ3n) is 3.26. The fourth-order valence-electron chi connectivity index (χ4n) is 1.64. The van der Waals surface area contributed by atoms with E-state index in [1.807, 2.05) is 20.0 Å². The van der Waals surface area contributed by atoms with E-state index in [9.17, 15) is 4.79 Å². The minimum absolute atomic E-state index is 0.0285. The van der Waals surface area contributed by atoms with Crippen LogP contribution in [0.5, 0.6) is 0 Å². The Morgan fingerprint density at radius 1 is 1.39 bits per heavy atom. The van der Waals surface area contributed by atoms with Gasteiger partial charge in [0, 0.05) is 19.6 Å². The number of hydrogen-bond donors (Lipinski definition) is 1. The molecule has 0 radical (unpaired) electrons. The van der Waals surface area contributed by atoms with E-state index >= 15 is 0 Å². The van der Waals surface area contributed by atoms with Gasteiger partial charge < -0.3 is 10.2 Å². The molecule has 1 heterocycles. The van der Waals surface area contributed by atoms with Gasteiger partial charge in [0.25, 0.3) is 5.91 Å². The van der Waals surface area contributed by atoms with Crippen LogP contribution in [0.3, 0.4) is 0 Å². The first-order chi connectivity index (χ1) is 8.47. The second-order valence-electron chi connectivity index (χ2n) is 4.86. The smallest absolute Gasteiger partial charge is 0.272 e. The van der Waals surface area contributed by atoms with Gasteiger partial charge in [-0.15, -0.1) is 0 Å². The Kier molecular flexibility index (Phi) is 5.13. The first-order valence-electron chi connectivity index (χ1n) is 6.44. The topological polar surface area (TPSA) is 45.2 Å². The number of anilines is 1. The number of carbonyl (C=O) groups excluding carboxylic acids is 1. The summed E-state index contributed by atoms with van der Waals surface area (Å²) in [4.78, 5) is 18.2. The Balaban J connectivity index is 2.77. The number of nitrogens with one attached hydrogen (secondary N) is 1. The van der Waals surface area contributed by atoms with Gasteiger partial charge in [0.05, 0.1) is 11.9 Å². The predicted octanol–water partition coefficient (Wildman–Crippen LogP) is 2.63. The summed E-state index contributed by atoms with van der Waals surface area (Å²) in [6, 6.07) is 3.86. The lowest BCUT2D eigenvalue weighted by atomic mass is 10.0. The van der Waals surface area contributed by atoms with Gasteiger partial charge in [-0.25, -0.2) is 4.98 Å². The van der Waals surface area contributed by atoms with Crippen molar-refractivity contribution in [3.8, 4) is 0 Å². The van der Waals surface area contributed by atoms with Crippen LogP contribution >= 0.6 is 0 Å². The molecule has 0 aliphatic heterocycles. The molecule has 0 saturated heterocycles. The molecule has 0 spiro atoms. The number of aromatic nitrogens is 1. The van der Waals surface area contributed by atoms with Crippen molar-refractivity contribution < 1.29 is 4.79 Å². The summed E-state index contributed by atoms with van der Waals surface area (Å²) in [5.41, 5.74) is 1.43. The van der Waals surface area contributed by atoms with E-state index in [0.717, 1.165) is 12.2 Å². The average Bonchev–Trinajstić information content (AvgIpc) is 2.37. The zero-order valence-corrected chi connectivity index (χ0v) is 11.9. The van der Waals surface area contributed by atoms with Crippen LogP contribution in [-0.2, 0) is 0 Å². The minimum Gasteiger partial charge on any atom is -0.384 e. The summed E-state index contributed by atoms with van der Waals surface area (Å²) in [6.07, 6.45) is 1.70. The number of nitrogens with zero attached hydrogens (tertiary/aromatic N) is 2. The summed E-state index contributed by atoms with van der Waals surface area (Å²) in [6.45, 7) is 9.14. The maximum Gasteiger partial charge on any atom is 0.272 e. The molecule has 0 bridgehead atoms. The van der Waals surface area contributed by atoms with Gasteiger partial charge in [-0.3, -0.25) is 4.79 Å². The first-order valence-corrected chi connectivity index (χ1v) is 6.44. The third-order valence-corrected chi connectivity index (χ3v) is 3.26. The minimum atomic E-state index is -0.0285. The van der Waals surface area contributed by atoms with Crippen molar-refractivity contribution in [1.29, 1.82) is 0 Å². The van der Waals surface area contributed by atoms with Crippen molar-refractivity contribution >= 4 is 11.6 Å². The van der Waals surface area contributed by atoms with E-state index in [1.54, 1.807) is 17.2 Å². The molecule has 0 saturated carbocycles. The van der Waals surface area contributed by atoms with Gasteiger partial charge in [-0.1, -0.05) is 13.8 Å². The third kappa shape index (κ3) is 3.45. The highest BCUT2D eigenvalue weighted by molar-refractivity contribution is 5.92. The van der Waals surface area contributed by atoms with Crippen molar-refractivity contribution in [2.24, 2.45) is 5.92 Å². The van der Waals surface area contributed by atoms with Gasteiger partial charge in [0.1, 0.15) is 5.69 Å². The molecule has 1 amide bonds. The average molecular weight is 249 g/mol. The Morgan fingerprint density at radius 3 is 2.50 bits per heavy atom. The number of carbonyl (C=O) groups is 1. The number of pyridine rings is 1. The van der Waals surface area contributed by atoms with Gasteiger partial charge in [0.2, 0.25) is 0 Å². The van der Waals surface area contributed by atoms with Crippen LogP contribution in [-0.4, -0.2) is 35.4 Å². The molecule has 1 atom stereocenters. The molecule has 4 heteroatoms. The molecular weight excluding hydrogens is 226 g/mol. The molecular formula is C14H23N3O. The Labute approximate surface area is 109 Å². The van der Waals surface area contributed by atoms with Crippen LogP contribution in [0.4, 0.5) is 5.69 Å². The molecule has 1 rings (SSSR count). The van der Waals surface area contributed by atoms with E-state index in [-0.39, 0.29) is 11.9 Å². The molecule has 100 valence electrons. The lowest BCUT2D eigenvalue weighted by Gasteiger charge is -2.27. The standard InChI is InChI=1S/C14H23N3O/c1-6-15-12-7-8-13(16-9-12)14(18)17(5)11(4)10(2)3/h7-11,15H,6H2,1-5H3. The van der Waals surface area contributed by atoms with Crippen LogP contribution < -0.4 is 5.32 Å². The van der Waals surface area contributed by atoms with Crippen molar-refractivity contribution in [2.45, 2.75) is 33.7 Å². The van der Waals surface area contributed by atoms with Crippen molar-refractivity contribution in [1.82, 2.24) is 9.88 Å². The highest BCUT2D eigenvalue weighted by Gasteiger charge is 2.20. The normalized spacial score (nSPS) is 12.3. The quantitative estimate of drug-likeness (QED) is 0.872. The van der Waals surface area contributed by atoms with Crippen LogP contribution in [0, 0.1) is 5.92 Å². The summed E-state index contributed by atoms with van der Waals surface area (Å²) >= 11 is 0.